The van der Waals surface area contributed by atoms with Crippen LogP contribution in [0.5, 0.6) is 0 Å². The quantitative estimate of drug-likeness (QED) is 0.364. The number of hydrogen-bond donors (Lipinski definition) is 5. The van der Waals surface area contributed by atoms with Gasteiger partial charge in [0.05, 0.1) is 12.8 Å². The number of carbonyl (C=O) groups excluding carboxylic acids is 2. The Bertz CT molecular complexity index is 412. The number of aliphatic carboxylic acids is 3. The van der Waals surface area contributed by atoms with Crippen LogP contribution in [0.15, 0.2) is 0 Å². The molecule has 2 amide bonds. The summed E-state index contributed by atoms with van der Waals surface area (Å²) in [5, 5.41) is 35.9. The van der Waals surface area contributed by atoms with Crippen LogP contribution >= 0.6 is 0 Å². The maximum atomic E-state index is 10.3. The van der Waals surface area contributed by atoms with E-state index in [-0.39, 0.29) is 11.8 Å². The molecule has 0 aromatic heterocycles. The van der Waals surface area contributed by atoms with Gasteiger partial charge in [0.1, 0.15) is 0 Å². The third-order valence-electron chi connectivity index (χ3n) is 2.14. The van der Waals surface area contributed by atoms with Crippen molar-refractivity contribution < 1.29 is 44.4 Å². The van der Waals surface area contributed by atoms with Gasteiger partial charge in [-0.2, -0.15) is 0 Å². The predicted molar refractivity (Wildman–Crippen MR) is 59.5 cm³/mol. The van der Waals surface area contributed by atoms with Gasteiger partial charge in [0.15, 0.2) is 5.60 Å². The van der Waals surface area contributed by atoms with Crippen molar-refractivity contribution in [3.8, 4) is 0 Å². The van der Waals surface area contributed by atoms with Crippen LogP contribution in [-0.4, -0.2) is 55.7 Å². The van der Waals surface area contributed by atoms with E-state index < -0.39 is 36.4 Å². The minimum absolute atomic E-state index is 0.148. The Balaban J connectivity index is 0.000000428. The molecule has 1 heterocycles. The summed E-state index contributed by atoms with van der Waals surface area (Å²) in [4.78, 5) is 50.7. The van der Waals surface area contributed by atoms with Gasteiger partial charge in [-0.05, 0) is 0 Å². The van der Waals surface area contributed by atoms with Crippen molar-refractivity contribution in [2.75, 3.05) is 0 Å². The van der Waals surface area contributed by atoms with Crippen molar-refractivity contribution in [3.05, 3.63) is 0 Å². The molecular weight excluding hydrogens is 278 g/mol. The molecule has 1 aliphatic rings. The van der Waals surface area contributed by atoms with Crippen LogP contribution in [0, 0.1) is 0 Å². The fraction of sp³-hybridized carbons (Fsp3) is 0.500. The van der Waals surface area contributed by atoms with Gasteiger partial charge in [0.25, 0.3) is 0 Å². The van der Waals surface area contributed by atoms with Gasteiger partial charge in [-0.15, -0.1) is 0 Å². The number of carboxylic acid groups (broad SMARTS) is 3. The molecule has 1 fully saturated rings. The van der Waals surface area contributed by atoms with Gasteiger partial charge in [-0.25, -0.2) is 4.79 Å². The SMILES string of the molecule is O=C(O)CC(O)(CC(=O)O)C(=O)O.O=C1CCC(=O)N1. The zero-order chi connectivity index (χ0) is 15.9. The highest BCUT2D eigenvalue weighted by atomic mass is 16.4. The van der Waals surface area contributed by atoms with E-state index in [0.717, 1.165) is 0 Å². The maximum absolute atomic E-state index is 10.3. The van der Waals surface area contributed by atoms with Gasteiger partial charge in [-0.3, -0.25) is 24.5 Å². The Morgan fingerprint density at radius 1 is 0.950 bits per heavy atom. The average molecular weight is 291 g/mol. The fourth-order valence-corrected chi connectivity index (χ4v) is 1.22. The number of rotatable bonds is 5. The van der Waals surface area contributed by atoms with Crippen molar-refractivity contribution in [2.24, 2.45) is 0 Å². The molecule has 1 rings (SSSR count). The van der Waals surface area contributed by atoms with Crippen LogP contribution in [0.4, 0.5) is 0 Å². The molecule has 10 nitrogen and oxygen atoms in total. The molecule has 0 atom stereocenters. The Hall–Kier alpha value is -2.49. The van der Waals surface area contributed by atoms with E-state index in [9.17, 15) is 24.0 Å². The lowest BCUT2D eigenvalue weighted by Gasteiger charge is -2.18. The Labute approximate surface area is 112 Å². The van der Waals surface area contributed by atoms with E-state index in [0.29, 0.717) is 12.8 Å². The highest BCUT2D eigenvalue weighted by Gasteiger charge is 2.40. The molecule has 0 saturated carbocycles. The lowest BCUT2D eigenvalue weighted by molar-refractivity contribution is -0.170. The van der Waals surface area contributed by atoms with Gasteiger partial charge >= 0.3 is 17.9 Å². The summed E-state index contributed by atoms with van der Waals surface area (Å²) >= 11 is 0. The van der Waals surface area contributed by atoms with Crippen LogP contribution in [0.1, 0.15) is 25.7 Å². The number of nitrogens with one attached hydrogen (secondary N) is 1. The summed E-state index contributed by atoms with van der Waals surface area (Å²) in [6, 6.07) is 0. The molecule has 10 heteroatoms. The molecule has 0 unspecified atom stereocenters. The minimum Gasteiger partial charge on any atom is -0.481 e. The van der Waals surface area contributed by atoms with Gasteiger partial charge < -0.3 is 20.4 Å². The van der Waals surface area contributed by atoms with Crippen molar-refractivity contribution in [2.45, 2.75) is 31.3 Å². The molecule has 0 aromatic carbocycles. The molecule has 1 saturated heterocycles. The molecule has 0 spiro atoms. The Morgan fingerprint density at radius 2 is 1.30 bits per heavy atom. The van der Waals surface area contributed by atoms with E-state index in [1.54, 1.807) is 0 Å². The van der Waals surface area contributed by atoms with E-state index in [4.69, 9.17) is 20.4 Å². The topological polar surface area (TPSA) is 178 Å². The second-order valence-corrected chi connectivity index (χ2v) is 3.95. The van der Waals surface area contributed by atoms with E-state index in [1.807, 2.05) is 0 Å². The second-order valence-electron chi connectivity index (χ2n) is 3.95. The fourth-order valence-electron chi connectivity index (χ4n) is 1.22. The number of hydrogen-bond acceptors (Lipinski definition) is 6. The van der Waals surface area contributed by atoms with Crippen LogP contribution in [0.3, 0.4) is 0 Å². The monoisotopic (exact) mass is 291 g/mol. The third kappa shape index (κ3) is 6.44. The second kappa shape index (κ2) is 7.19. The summed E-state index contributed by atoms with van der Waals surface area (Å²) in [5.41, 5.74) is -2.74. The summed E-state index contributed by atoms with van der Waals surface area (Å²) in [7, 11) is 0. The maximum Gasteiger partial charge on any atom is 0.336 e. The lowest BCUT2D eigenvalue weighted by atomic mass is 9.96. The molecule has 20 heavy (non-hydrogen) atoms. The summed E-state index contributed by atoms with van der Waals surface area (Å²) in [6.07, 6.45) is -1.54. The number of imide groups is 1. The number of aliphatic hydroxyl groups is 1. The van der Waals surface area contributed by atoms with E-state index in [1.165, 1.54) is 0 Å². The number of carbonyl (C=O) groups is 5. The molecule has 1 aliphatic heterocycles. The molecular formula is C10H13NO9. The zero-order valence-electron chi connectivity index (χ0n) is 10.2. The average Bonchev–Trinajstić information content (AvgIpc) is 2.60. The highest BCUT2D eigenvalue weighted by Crippen LogP contribution is 2.15. The smallest absolute Gasteiger partial charge is 0.336 e. The summed E-state index contributed by atoms with van der Waals surface area (Å²) in [6.45, 7) is 0. The molecule has 0 aromatic rings. The highest BCUT2D eigenvalue weighted by molar-refractivity contribution is 6.01. The normalized spacial score (nSPS) is 14.1. The largest absolute Gasteiger partial charge is 0.481 e. The van der Waals surface area contributed by atoms with E-state index >= 15 is 0 Å². The molecule has 0 bridgehead atoms. The molecule has 0 aliphatic carbocycles. The zero-order valence-corrected chi connectivity index (χ0v) is 10.2. The van der Waals surface area contributed by atoms with Crippen molar-refractivity contribution in [3.63, 3.8) is 0 Å². The predicted octanol–water partition coefficient (Wildman–Crippen LogP) is -1.83. The van der Waals surface area contributed by atoms with Gasteiger partial charge in [-0.1, -0.05) is 0 Å². The Kier molecular flexibility index (Phi) is 6.29. The molecule has 112 valence electrons. The van der Waals surface area contributed by atoms with Crippen LogP contribution in [0.2, 0.25) is 0 Å². The van der Waals surface area contributed by atoms with Gasteiger partial charge in [0.2, 0.25) is 11.8 Å². The minimum atomic E-state index is -2.74. The van der Waals surface area contributed by atoms with Gasteiger partial charge in [0, 0.05) is 12.8 Å². The van der Waals surface area contributed by atoms with Crippen LogP contribution < -0.4 is 5.32 Å². The van der Waals surface area contributed by atoms with Crippen molar-refractivity contribution in [1.82, 2.24) is 5.32 Å². The standard InChI is InChI=1S/C6H8O7.C4H5NO2/c7-3(8)1-6(13,5(11)12)2-4(9)10;6-3-1-2-4(7)5-3/h13H,1-2H2,(H,7,8)(H,9,10)(H,11,12);1-2H2,(H,5,6,7). The molecule has 0 radical (unpaired) electrons. The Morgan fingerprint density at radius 3 is 1.45 bits per heavy atom. The summed E-state index contributed by atoms with van der Waals surface area (Å²) < 4.78 is 0. The summed E-state index contributed by atoms with van der Waals surface area (Å²) in [5.74, 6) is -5.32. The number of amides is 2. The number of carboxylic acids is 3. The van der Waals surface area contributed by atoms with Crippen molar-refractivity contribution in [1.29, 1.82) is 0 Å². The third-order valence-corrected chi connectivity index (χ3v) is 2.14. The van der Waals surface area contributed by atoms with E-state index in [2.05, 4.69) is 5.32 Å². The molecule has 5 N–H and O–H groups in total. The van der Waals surface area contributed by atoms with Crippen LogP contribution in [-0.2, 0) is 24.0 Å². The van der Waals surface area contributed by atoms with Crippen LogP contribution in [0.25, 0.3) is 0 Å². The first-order valence-electron chi connectivity index (χ1n) is 5.29. The lowest BCUT2D eigenvalue weighted by Crippen LogP contribution is -2.42. The van der Waals surface area contributed by atoms with Crippen molar-refractivity contribution >= 4 is 29.7 Å². The first kappa shape index (κ1) is 17.5. The first-order chi connectivity index (χ1) is 9.06. The first-order valence-corrected chi connectivity index (χ1v) is 5.29.